The van der Waals surface area contributed by atoms with Gasteiger partial charge in [0.2, 0.25) is 0 Å². The minimum atomic E-state index is -4.25. The van der Waals surface area contributed by atoms with Gasteiger partial charge in [-0.2, -0.15) is 13.2 Å². The van der Waals surface area contributed by atoms with E-state index in [4.69, 9.17) is 5.11 Å². The van der Waals surface area contributed by atoms with Crippen molar-refractivity contribution in [3.63, 3.8) is 0 Å². The van der Waals surface area contributed by atoms with E-state index in [1.807, 2.05) is 0 Å². The van der Waals surface area contributed by atoms with Crippen LogP contribution in [0.5, 0.6) is 0 Å². The summed E-state index contributed by atoms with van der Waals surface area (Å²) in [5.74, 6) is -1.54. The maximum atomic E-state index is 12.1. The third-order valence-electron chi connectivity index (χ3n) is 1.40. The second-order valence-electron chi connectivity index (χ2n) is 2.38. The molecule has 0 heterocycles. The molecule has 1 atom stereocenters. The van der Waals surface area contributed by atoms with Crippen LogP contribution in [-0.4, -0.2) is 17.9 Å². The van der Waals surface area contributed by atoms with Crippen molar-refractivity contribution in [2.75, 3.05) is 6.61 Å². The zero-order valence-electron chi connectivity index (χ0n) is 7.01. The van der Waals surface area contributed by atoms with Crippen LogP contribution >= 0.6 is 0 Å². The molecule has 1 nitrogen and oxygen atoms in total. The highest BCUT2D eigenvalue weighted by Gasteiger charge is 2.36. The molecule has 13 heavy (non-hydrogen) atoms. The van der Waals surface area contributed by atoms with E-state index in [9.17, 15) is 13.2 Å². The highest BCUT2D eigenvalue weighted by atomic mass is 19.4. The first-order chi connectivity index (χ1) is 6.02. The molecule has 0 fully saturated rings. The first-order valence-corrected chi connectivity index (χ1v) is 3.72. The lowest BCUT2D eigenvalue weighted by Crippen LogP contribution is -2.19. The smallest absolute Gasteiger partial charge is 0.392 e. The number of aliphatic hydroxyl groups is 1. The van der Waals surface area contributed by atoms with Gasteiger partial charge in [0.15, 0.2) is 0 Å². The van der Waals surface area contributed by atoms with Crippen LogP contribution in [0.4, 0.5) is 13.2 Å². The number of hydrogen-bond donors (Lipinski definition) is 1. The van der Waals surface area contributed by atoms with E-state index in [2.05, 4.69) is 12.3 Å². The van der Waals surface area contributed by atoms with Crippen molar-refractivity contribution in [2.45, 2.75) is 12.6 Å². The van der Waals surface area contributed by atoms with Gasteiger partial charge in [-0.05, 0) is 18.6 Å². The Labute approximate surface area is 74.9 Å². The zero-order chi connectivity index (χ0) is 10.3. The molecule has 0 bridgehead atoms. The topological polar surface area (TPSA) is 20.2 Å². The second kappa shape index (κ2) is 5.62. The van der Waals surface area contributed by atoms with Crippen molar-refractivity contribution in [3.05, 3.63) is 30.5 Å². The van der Waals surface area contributed by atoms with Gasteiger partial charge < -0.3 is 5.11 Å². The number of halogens is 3. The van der Waals surface area contributed by atoms with Gasteiger partial charge in [-0.3, -0.25) is 0 Å². The van der Waals surface area contributed by atoms with Crippen molar-refractivity contribution in [3.8, 4) is 0 Å². The molecular formula is C9H11F3O. The van der Waals surface area contributed by atoms with Crippen LogP contribution in [0.15, 0.2) is 30.5 Å². The minimum absolute atomic E-state index is 0.191. The molecule has 0 spiro atoms. The Bertz CT molecular complexity index is 211. The average Bonchev–Trinajstić information content (AvgIpc) is 2.02. The standard InChI is InChI=1S/C9H11F3O/c1-2-8(9(10,11)12)6-4-3-5-7-13/h2,4-5,8,13H,1,6-7H2. The number of alkyl halides is 3. The quantitative estimate of drug-likeness (QED) is 0.535. The molecule has 0 aromatic carbocycles. The molecule has 1 N–H and O–H groups in total. The summed E-state index contributed by atoms with van der Waals surface area (Å²) in [5, 5.41) is 8.27. The predicted molar refractivity (Wildman–Crippen MR) is 44.1 cm³/mol. The predicted octanol–water partition coefficient (Wildman–Crippen LogP) is 2.44. The molecule has 0 saturated carbocycles. The molecular weight excluding hydrogens is 181 g/mol. The molecule has 74 valence electrons. The summed E-state index contributed by atoms with van der Waals surface area (Å²) >= 11 is 0. The SMILES string of the molecule is C=CC(CC=C=CCO)C(F)(F)F. The molecule has 0 aliphatic carbocycles. The van der Waals surface area contributed by atoms with Gasteiger partial charge in [0, 0.05) is 0 Å². The molecule has 0 saturated heterocycles. The lowest BCUT2D eigenvalue weighted by molar-refractivity contribution is -0.160. The lowest BCUT2D eigenvalue weighted by Gasteiger charge is -2.13. The summed E-state index contributed by atoms with van der Waals surface area (Å²) in [5.41, 5.74) is 2.42. The van der Waals surface area contributed by atoms with E-state index in [0.29, 0.717) is 0 Å². The fraction of sp³-hybridized carbons (Fsp3) is 0.444. The van der Waals surface area contributed by atoms with E-state index in [1.165, 1.54) is 12.2 Å². The summed E-state index contributed by atoms with van der Waals surface area (Å²) in [6, 6.07) is 0. The minimum Gasteiger partial charge on any atom is -0.392 e. The van der Waals surface area contributed by atoms with Crippen molar-refractivity contribution in [1.82, 2.24) is 0 Å². The highest BCUT2D eigenvalue weighted by Crippen LogP contribution is 2.29. The van der Waals surface area contributed by atoms with Crippen LogP contribution in [-0.2, 0) is 0 Å². The van der Waals surface area contributed by atoms with E-state index in [1.54, 1.807) is 0 Å². The van der Waals surface area contributed by atoms with Gasteiger partial charge in [-0.25, -0.2) is 0 Å². The van der Waals surface area contributed by atoms with E-state index < -0.39 is 12.1 Å². The highest BCUT2D eigenvalue weighted by molar-refractivity contribution is 4.93. The third-order valence-corrected chi connectivity index (χ3v) is 1.40. The average molecular weight is 192 g/mol. The summed E-state index contributed by atoms with van der Waals surface area (Å²) in [6.45, 7) is 2.88. The van der Waals surface area contributed by atoms with Gasteiger partial charge in [0.1, 0.15) is 0 Å². The van der Waals surface area contributed by atoms with Gasteiger partial charge >= 0.3 is 6.18 Å². The van der Waals surface area contributed by atoms with Gasteiger partial charge in [-0.15, -0.1) is 12.3 Å². The van der Waals surface area contributed by atoms with Crippen molar-refractivity contribution < 1.29 is 18.3 Å². The van der Waals surface area contributed by atoms with Crippen molar-refractivity contribution in [2.24, 2.45) is 5.92 Å². The Morgan fingerprint density at radius 2 is 2.00 bits per heavy atom. The summed E-state index contributed by atoms with van der Waals surface area (Å²) in [4.78, 5) is 0. The van der Waals surface area contributed by atoms with Crippen LogP contribution in [0.2, 0.25) is 0 Å². The first-order valence-electron chi connectivity index (χ1n) is 3.72. The summed E-state index contributed by atoms with van der Waals surface area (Å²) in [6.07, 6.45) is -1.10. The van der Waals surface area contributed by atoms with Crippen LogP contribution in [0.1, 0.15) is 6.42 Å². The normalized spacial score (nSPS) is 12.9. The first kappa shape index (κ1) is 12.0. The third kappa shape index (κ3) is 5.28. The molecule has 0 aliphatic rings. The van der Waals surface area contributed by atoms with Crippen LogP contribution < -0.4 is 0 Å². The van der Waals surface area contributed by atoms with Gasteiger partial charge in [-0.1, -0.05) is 6.08 Å². The van der Waals surface area contributed by atoms with Crippen molar-refractivity contribution >= 4 is 0 Å². The molecule has 0 radical (unpaired) electrons. The second-order valence-corrected chi connectivity index (χ2v) is 2.38. The number of hydrogen-bond acceptors (Lipinski definition) is 1. The number of allylic oxidation sites excluding steroid dienone is 1. The molecule has 0 aromatic heterocycles. The molecule has 1 unspecified atom stereocenters. The largest absolute Gasteiger partial charge is 0.395 e. The Kier molecular flexibility index (Phi) is 5.19. The zero-order valence-corrected chi connectivity index (χ0v) is 7.01. The Morgan fingerprint density at radius 1 is 1.38 bits per heavy atom. The maximum Gasteiger partial charge on any atom is 0.395 e. The Balaban J connectivity index is 4.16. The Morgan fingerprint density at radius 3 is 2.38 bits per heavy atom. The molecule has 0 aliphatic heterocycles. The molecule has 4 heteroatoms. The van der Waals surface area contributed by atoms with E-state index in [0.717, 1.165) is 6.08 Å². The lowest BCUT2D eigenvalue weighted by atomic mass is 10.1. The fourth-order valence-corrected chi connectivity index (χ4v) is 0.695. The number of rotatable bonds is 4. The number of aliphatic hydroxyl groups excluding tert-OH is 1. The van der Waals surface area contributed by atoms with Crippen LogP contribution in [0, 0.1) is 5.92 Å². The van der Waals surface area contributed by atoms with Gasteiger partial charge in [0.05, 0.1) is 12.5 Å². The molecule has 0 rings (SSSR count). The molecule has 0 aromatic rings. The Hall–Kier alpha value is -0.990. The van der Waals surface area contributed by atoms with Crippen LogP contribution in [0.25, 0.3) is 0 Å². The van der Waals surface area contributed by atoms with Crippen molar-refractivity contribution in [1.29, 1.82) is 0 Å². The van der Waals surface area contributed by atoms with E-state index >= 15 is 0 Å². The molecule has 0 amide bonds. The maximum absolute atomic E-state index is 12.1. The summed E-state index contributed by atoms with van der Waals surface area (Å²) in [7, 11) is 0. The van der Waals surface area contributed by atoms with E-state index in [-0.39, 0.29) is 13.0 Å². The fourth-order valence-electron chi connectivity index (χ4n) is 0.695. The monoisotopic (exact) mass is 192 g/mol. The van der Waals surface area contributed by atoms with Gasteiger partial charge in [0.25, 0.3) is 0 Å². The summed E-state index contributed by atoms with van der Waals surface area (Å²) < 4.78 is 36.2. The van der Waals surface area contributed by atoms with Crippen LogP contribution in [0.3, 0.4) is 0 Å².